The number of carbonyl (C=O) groups excluding carboxylic acids is 1. The van der Waals surface area contributed by atoms with Gasteiger partial charge < -0.3 is 14.6 Å². The van der Waals surface area contributed by atoms with E-state index in [1.54, 1.807) is 0 Å². The Hall–Kier alpha value is -1.05. The Labute approximate surface area is 99.1 Å². The molecule has 1 saturated carbocycles. The fourth-order valence-corrected chi connectivity index (χ4v) is 1.36. The minimum absolute atomic E-state index is 0. The minimum atomic E-state index is -1.07. The monoisotopic (exact) mass is 200 g/mol. The van der Waals surface area contributed by atoms with E-state index in [9.17, 15) is 9.90 Å². The first-order chi connectivity index (χ1) is 6.69. The second-order valence-corrected chi connectivity index (χ2v) is 3.31. The van der Waals surface area contributed by atoms with Crippen molar-refractivity contribution in [3.05, 3.63) is 18.1 Å². The Morgan fingerprint density at radius 2 is 2.13 bits per heavy atom. The number of nitrogens with zero attached hydrogens (tertiary/aromatic N) is 2. The number of methoxy groups -OCH3 is 1. The molecule has 0 bridgehead atoms. The molecule has 1 fully saturated rings. The van der Waals surface area contributed by atoms with Crippen LogP contribution < -0.4 is 28.7 Å². The molecule has 5 nitrogen and oxygen atoms in total. The molecule has 0 amide bonds. The molecule has 1 aromatic heterocycles. The molecule has 0 saturated heterocycles. The van der Waals surface area contributed by atoms with Crippen LogP contribution in [-0.4, -0.2) is 23.0 Å². The van der Waals surface area contributed by atoms with Gasteiger partial charge in [-0.15, -0.1) is 0 Å². The van der Waals surface area contributed by atoms with E-state index in [0.29, 0.717) is 24.4 Å². The van der Waals surface area contributed by atoms with Gasteiger partial charge in [-0.25, -0.2) is 4.98 Å². The summed E-state index contributed by atoms with van der Waals surface area (Å²) in [5.41, 5.74) is -0.433. The Morgan fingerprint density at radius 3 is 2.47 bits per heavy atom. The Morgan fingerprint density at radius 1 is 1.47 bits per heavy atom. The predicted molar refractivity (Wildman–Crippen MR) is 44.5 cm³/mol. The zero-order valence-corrected chi connectivity index (χ0v) is 8.69. The van der Waals surface area contributed by atoms with Crippen LogP contribution in [0.3, 0.4) is 0 Å². The molecule has 0 spiro atoms. The van der Waals surface area contributed by atoms with Crippen LogP contribution in [0, 0.1) is 0 Å². The van der Waals surface area contributed by atoms with Crippen molar-refractivity contribution in [1.82, 2.24) is 9.97 Å². The second-order valence-electron chi connectivity index (χ2n) is 3.31. The molecule has 1 aromatic rings. The third-order valence-corrected chi connectivity index (χ3v) is 2.47. The maximum absolute atomic E-state index is 10.8. The molecule has 0 atom stereocenters. The molecule has 6 heteroatoms. The molecule has 15 heavy (non-hydrogen) atoms. The van der Waals surface area contributed by atoms with Crippen LogP contribution in [0.4, 0.5) is 0 Å². The molecule has 0 aliphatic heterocycles. The van der Waals surface area contributed by atoms with Crippen LogP contribution in [0.2, 0.25) is 0 Å². The molecule has 0 radical (unpaired) electrons. The minimum Gasteiger partial charge on any atom is -0.549 e. The van der Waals surface area contributed by atoms with Crippen molar-refractivity contribution < 1.29 is 33.5 Å². The normalized spacial score (nSPS) is 16.3. The zero-order valence-electron chi connectivity index (χ0n) is 8.69. The topological polar surface area (TPSA) is 75.1 Å². The molecule has 0 unspecified atom stereocenters. The van der Waals surface area contributed by atoms with Crippen molar-refractivity contribution in [2.75, 3.05) is 7.11 Å². The van der Waals surface area contributed by atoms with Gasteiger partial charge in [-0.2, -0.15) is 0 Å². The van der Waals surface area contributed by atoms with Gasteiger partial charge in [0.25, 0.3) is 0 Å². The van der Waals surface area contributed by atoms with Crippen molar-refractivity contribution in [2.24, 2.45) is 0 Å². The van der Waals surface area contributed by atoms with Gasteiger partial charge in [0.05, 0.1) is 36.6 Å². The molecule has 1 aliphatic rings. The second kappa shape index (κ2) is 4.21. The SMILES string of the molecule is COc1cnc(C2(C(=O)[O-])CC2)cn1.[Li+]. The molecule has 0 aromatic carbocycles. The van der Waals surface area contributed by atoms with Crippen molar-refractivity contribution in [3.8, 4) is 5.88 Å². The Bertz CT molecular complexity index is 362. The van der Waals surface area contributed by atoms with Gasteiger partial charge >= 0.3 is 18.9 Å². The van der Waals surface area contributed by atoms with Gasteiger partial charge in [-0.05, 0) is 12.8 Å². The smallest absolute Gasteiger partial charge is 0.549 e. The number of aromatic nitrogens is 2. The summed E-state index contributed by atoms with van der Waals surface area (Å²) in [7, 11) is 1.48. The number of aliphatic carboxylic acids is 1. The quantitative estimate of drug-likeness (QED) is 0.469. The molecular weight excluding hydrogens is 191 g/mol. The molecule has 74 valence electrons. The van der Waals surface area contributed by atoms with Gasteiger partial charge in [0.15, 0.2) is 0 Å². The number of ether oxygens (including phenoxy) is 1. The van der Waals surface area contributed by atoms with Crippen LogP contribution in [-0.2, 0) is 10.2 Å². The number of hydrogen-bond donors (Lipinski definition) is 0. The molecular formula is C9H9LiN2O3. The van der Waals surface area contributed by atoms with Crippen LogP contribution in [0.25, 0.3) is 0 Å². The van der Waals surface area contributed by atoms with E-state index in [1.807, 2.05) is 0 Å². The summed E-state index contributed by atoms with van der Waals surface area (Å²) in [6, 6.07) is 0. The fraction of sp³-hybridized carbons (Fsp3) is 0.444. The largest absolute Gasteiger partial charge is 1.00 e. The third-order valence-electron chi connectivity index (χ3n) is 2.47. The molecule has 2 rings (SSSR count). The summed E-state index contributed by atoms with van der Waals surface area (Å²) in [6.45, 7) is 0. The summed E-state index contributed by atoms with van der Waals surface area (Å²) < 4.78 is 4.83. The van der Waals surface area contributed by atoms with E-state index in [1.165, 1.54) is 19.5 Å². The van der Waals surface area contributed by atoms with E-state index in [0.717, 1.165) is 0 Å². The third kappa shape index (κ3) is 1.99. The first-order valence-electron chi connectivity index (χ1n) is 4.27. The number of hydrogen-bond acceptors (Lipinski definition) is 5. The maximum Gasteiger partial charge on any atom is 1.00 e. The van der Waals surface area contributed by atoms with Crippen molar-refractivity contribution >= 4 is 5.97 Å². The molecule has 1 heterocycles. The van der Waals surface area contributed by atoms with Gasteiger partial charge in [-0.1, -0.05) is 0 Å². The average Bonchev–Trinajstić information content (AvgIpc) is 2.99. The van der Waals surface area contributed by atoms with Crippen LogP contribution in [0.5, 0.6) is 5.88 Å². The van der Waals surface area contributed by atoms with Crippen LogP contribution >= 0.6 is 0 Å². The van der Waals surface area contributed by atoms with Gasteiger partial charge in [0.1, 0.15) is 0 Å². The molecule has 1 aliphatic carbocycles. The predicted octanol–water partition coefficient (Wildman–Crippen LogP) is -3.73. The number of carboxylic acid groups (broad SMARTS) is 1. The van der Waals surface area contributed by atoms with E-state index < -0.39 is 11.4 Å². The van der Waals surface area contributed by atoms with Gasteiger partial charge in [0, 0.05) is 0 Å². The van der Waals surface area contributed by atoms with Gasteiger partial charge in [0.2, 0.25) is 5.88 Å². The summed E-state index contributed by atoms with van der Waals surface area (Å²) in [4.78, 5) is 18.7. The molecule has 0 N–H and O–H groups in total. The van der Waals surface area contributed by atoms with E-state index in [2.05, 4.69) is 9.97 Å². The standard InChI is InChI=1S/C9H10N2O3.Li/c1-14-7-5-10-6(4-11-7)9(2-3-9)8(12)13;/h4-5H,2-3H2,1H3,(H,12,13);/q;+1/p-1. The zero-order chi connectivity index (χ0) is 10.2. The first-order valence-corrected chi connectivity index (χ1v) is 4.27. The maximum atomic E-state index is 10.8. The fourth-order valence-electron chi connectivity index (χ4n) is 1.36. The summed E-state index contributed by atoms with van der Waals surface area (Å²) in [6.07, 6.45) is 4.01. The summed E-state index contributed by atoms with van der Waals surface area (Å²) in [5, 5.41) is 10.8. The van der Waals surface area contributed by atoms with Crippen LogP contribution in [0.15, 0.2) is 12.4 Å². The Balaban J connectivity index is 0.00000112. The van der Waals surface area contributed by atoms with E-state index in [-0.39, 0.29) is 18.9 Å². The number of carboxylic acids is 1. The Kier molecular flexibility index (Phi) is 3.37. The average molecular weight is 200 g/mol. The van der Waals surface area contributed by atoms with Crippen molar-refractivity contribution in [3.63, 3.8) is 0 Å². The summed E-state index contributed by atoms with van der Waals surface area (Å²) >= 11 is 0. The first kappa shape index (κ1) is 12.0. The number of rotatable bonds is 3. The van der Waals surface area contributed by atoms with Crippen molar-refractivity contribution in [2.45, 2.75) is 18.3 Å². The van der Waals surface area contributed by atoms with Gasteiger partial charge in [-0.3, -0.25) is 4.98 Å². The number of carbonyl (C=O) groups is 1. The van der Waals surface area contributed by atoms with Crippen molar-refractivity contribution in [1.29, 1.82) is 0 Å². The van der Waals surface area contributed by atoms with Crippen LogP contribution in [0.1, 0.15) is 18.5 Å². The van der Waals surface area contributed by atoms with E-state index >= 15 is 0 Å². The van der Waals surface area contributed by atoms with E-state index in [4.69, 9.17) is 4.74 Å². The summed E-state index contributed by atoms with van der Waals surface area (Å²) in [5.74, 6) is -0.695.